The minimum Gasteiger partial charge on any atom is -0.497 e. The van der Waals surface area contributed by atoms with E-state index in [-0.39, 0.29) is 23.8 Å². The van der Waals surface area contributed by atoms with Crippen LogP contribution in [0.1, 0.15) is 19.3 Å². The Kier molecular flexibility index (Phi) is 7.59. The molecular weight excluding hydrogens is 424 g/mol. The van der Waals surface area contributed by atoms with Crippen molar-refractivity contribution in [2.75, 3.05) is 39.3 Å². The summed E-state index contributed by atoms with van der Waals surface area (Å²) in [6, 6.07) is 9.57. The van der Waals surface area contributed by atoms with Crippen molar-refractivity contribution < 1.29 is 32.2 Å². The molecular formula is C21H26N2O7S. The van der Waals surface area contributed by atoms with Crippen molar-refractivity contribution in [3.63, 3.8) is 0 Å². The van der Waals surface area contributed by atoms with E-state index in [1.54, 1.807) is 31.4 Å². The molecule has 0 saturated carbocycles. The molecule has 0 aromatic heterocycles. The van der Waals surface area contributed by atoms with Gasteiger partial charge in [-0.25, -0.2) is 13.1 Å². The number of methoxy groups -OCH3 is 2. The van der Waals surface area contributed by atoms with Crippen LogP contribution in [-0.4, -0.2) is 48.3 Å². The van der Waals surface area contributed by atoms with Gasteiger partial charge in [0, 0.05) is 31.5 Å². The van der Waals surface area contributed by atoms with Crippen molar-refractivity contribution >= 4 is 21.6 Å². The van der Waals surface area contributed by atoms with Gasteiger partial charge in [-0.3, -0.25) is 4.79 Å². The zero-order valence-electron chi connectivity index (χ0n) is 17.5. The number of amides is 1. The molecule has 0 unspecified atom stereocenters. The molecule has 1 amide bonds. The highest BCUT2D eigenvalue weighted by molar-refractivity contribution is 7.89. The number of carbonyl (C=O) groups excluding carboxylic acids is 1. The summed E-state index contributed by atoms with van der Waals surface area (Å²) in [5, 5.41) is 2.76. The Bertz CT molecular complexity index is 1020. The zero-order chi connectivity index (χ0) is 22.3. The molecule has 10 heteroatoms. The predicted octanol–water partition coefficient (Wildman–Crippen LogP) is 2.56. The third-order valence-corrected chi connectivity index (χ3v) is 6.04. The topological polar surface area (TPSA) is 112 Å². The standard InChI is InChI=1S/C21H26N2O7S/c1-27-15-6-8-17(19(13-15)28-2)23-21(24)5-3-10-22-31(25,26)16-7-9-18-20(14-16)30-12-4-11-29-18/h6-9,13-14,22H,3-5,10-12H2,1-2H3,(H,23,24). The fourth-order valence-corrected chi connectivity index (χ4v) is 4.05. The highest BCUT2D eigenvalue weighted by Crippen LogP contribution is 2.32. The first-order valence-corrected chi connectivity index (χ1v) is 11.3. The van der Waals surface area contributed by atoms with E-state index in [1.807, 2.05) is 0 Å². The molecule has 31 heavy (non-hydrogen) atoms. The number of carbonyl (C=O) groups is 1. The molecule has 1 heterocycles. The van der Waals surface area contributed by atoms with Crippen LogP contribution >= 0.6 is 0 Å². The Labute approximate surface area is 181 Å². The summed E-state index contributed by atoms with van der Waals surface area (Å²) in [5.74, 6) is 1.77. The maximum atomic E-state index is 12.5. The van der Waals surface area contributed by atoms with Crippen molar-refractivity contribution in [3.05, 3.63) is 36.4 Å². The third kappa shape index (κ3) is 6.02. The second-order valence-corrected chi connectivity index (χ2v) is 8.54. The number of sulfonamides is 1. The lowest BCUT2D eigenvalue weighted by molar-refractivity contribution is -0.116. The van der Waals surface area contributed by atoms with Gasteiger partial charge < -0.3 is 24.3 Å². The fraction of sp³-hybridized carbons (Fsp3) is 0.381. The number of rotatable bonds is 9. The summed E-state index contributed by atoms with van der Waals surface area (Å²) in [6.45, 7) is 1.11. The van der Waals surface area contributed by atoms with E-state index in [0.717, 1.165) is 6.42 Å². The Balaban J connectivity index is 1.51. The van der Waals surface area contributed by atoms with Crippen LogP contribution in [0.4, 0.5) is 5.69 Å². The Morgan fingerprint density at radius 2 is 1.81 bits per heavy atom. The van der Waals surface area contributed by atoms with E-state index in [1.165, 1.54) is 19.2 Å². The van der Waals surface area contributed by atoms with E-state index in [2.05, 4.69) is 10.0 Å². The molecule has 0 aliphatic carbocycles. The molecule has 2 aromatic rings. The first-order chi connectivity index (χ1) is 14.9. The van der Waals surface area contributed by atoms with Gasteiger partial charge in [0.15, 0.2) is 11.5 Å². The molecule has 2 N–H and O–H groups in total. The van der Waals surface area contributed by atoms with Gasteiger partial charge in [-0.2, -0.15) is 0 Å². The molecule has 1 aliphatic rings. The number of nitrogens with one attached hydrogen (secondary N) is 2. The third-order valence-electron chi connectivity index (χ3n) is 4.58. The van der Waals surface area contributed by atoms with Crippen LogP contribution < -0.4 is 29.0 Å². The van der Waals surface area contributed by atoms with Gasteiger partial charge in [0.25, 0.3) is 0 Å². The van der Waals surface area contributed by atoms with Crippen LogP contribution in [0.2, 0.25) is 0 Å². The van der Waals surface area contributed by atoms with E-state index in [9.17, 15) is 13.2 Å². The maximum absolute atomic E-state index is 12.5. The second kappa shape index (κ2) is 10.4. The number of hydrogen-bond donors (Lipinski definition) is 2. The number of ether oxygens (including phenoxy) is 4. The van der Waals surface area contributed by atoms with Crippen molar-refractivity contribution in [2.24, 2.45) is 0 Å². The van der Waals surface area contributed by atoms with Crippen molar-refractivity contribution in [2.45, 2.75) is 24.2 Å². The van der Waals surface area contributed by atoms with Crippen molar-refractivity contribution in [3.8, 4) is 23.0 Å². The van der Waals surface area contributed by atoms with E-state index < -0.39 is 10.0 Å². The Hall–Kier alpha value is -2.98. The monoisotopic (exact) mass is 450 g/mol. The lowest BCUT2D eigenvalue weighted by Crippen LogP contribution is -2.25. The summed E-state index contributed by atoms with van der Waals surface area (Å²) < 4.78 is 49.0. The highest BCUT2D eigenvalue weighted by atomic mass is 32.2. The zero-order valence-corrected chi connectivity index (χ0v) is 18.3. The lowest BCUT2D eigenvalue weighted by Gasteiger charge is -2.12. The molecule has 2 aromatic carbocycles. The summed E-state index contributed by atoms with van der Waals surface area (Å²) in [6.07, 6.45) is 1.20. The Morgan fingerprint density at radius 1 is 1.03 bits per heavy atom. The summed E-state index contributed by atoms with van der Waals surface area (Å²) in [4.78, 5) is 12.3. The van der Waals surface area contributed by atoms with E-state index in [0.29, 0.717) is 48.3 Å². The van der Waals surface area contributed by atoms with Gasteiger partial charge in [0.05, 0.1) is 38.0 Å². The molecule has 0 atom stereocenters. The molecule has 3 rings (SSSR count). The number of benzene rings is 2. The van der Waals surface area contributed by atoms with Gasteiger partial charge in [-0.05, 0) is 30.7 Å². The van der Waals surface area contributed by atoms with Gasteiger partial charge in [0.2, 0.25) is 15.9 Å². The van der Waals surface area contributed by atoms with Crippen molar-refractivity contribution in [1.29, 1.82) is 0 Å². The second-order valence-electron chi connectivity index (χ2n) is 6.77. The van der Waals surface area contributed by atoms with Gasteiger partial charge >= 0.3 is 0 Å². The van der Waals surface area contributed by atoms with Gasteiger partial charge in [0.1, 0.15) is 11.5 Å². The predicted molar refractivity (Wildman–Crippen MR) is 115 cm³/mol. The van der Waals surface area contributed by atoms with Crippen LogP contribution in [-0.2, 0) is 14.8 Å². The molecule has 1 aliphatic heterocycles. The summed E-state index contributed by atoms with van der Waals surface area (Å²) in [5.41, 5.74) is 0.515. The fourth-order valence-electron chi connectivity index (χ4n) is 2.96. The van der Waals surface area contributed by atoms with Crippen molar-refractivity contribution in [1.82, 2.24) is 4.72 Å². The first kappa shape index (κ1) is 22.7. The number of hydrogen-bond acceptors (Lipinski definition) is 7. The molecule has 0 fully saturated rings. The normalized spacial score (nSPS) is 13.2. The van der Waals surface area contributed by atoms with E-state index in [4.69, 9.17) is 18.9 Å². The molecule has 9 nitrogen and oxygen atoms in total. The lowest BCUT2D eigenvalue weighted by atomic mass is 10.2. The maximum Gasteiger partial charge on any atom is 0.240 e. The van der Waals surface area contributed by atoms with Crippen LogP contribution in [0.3, 0.4) is 0 Å². The molecule has 168 valence electrons. The van der Waals surface area contributed by atoms with E-state index >= 15 is 0 Å². The SMILES string of the molecule is COc1ccc(NC(=O)CCCNS(=O)(=O)c2ccc3c(c2)OCCCO3)c(OC)c1. The minimum absolute atomic E-state index is 0.0872. The number of fused-ring (bicyclic) bond motifs is 1. The quantitative estimate of drug-likeness (QED) is 0.565. The largest absolute Gasteiger partial charge is 0.497 e. The van der Waals surface area contributed by atoms with Crippen LogP contribution in [0.25, 0.3) is 0 Å². The average molecular weight is 451 g/mol. The number of anilines is 1. The molecule has 0 radical (unpaired) electrons. The molecule has 0 saturated heterocycles. The first-order valence-electron chi connectivity index (χ1n) is 9.84. The van der Waals surface area contributed by atoms with Crippen LogP contribution in [0, 0.1) is 0 Å². The molecule has 0 spiro atoms. The van der Waals surface area contributed by atoms with Gasteiger partial charge in [-0.15, -0.1) is 0 Å². The average Bonchev–Trinajstić information content (AvgIpc) is 3.02. The molecule has 0 bridgehead atoms. The Morgan fingerprint density at radius 3 is 2.55 bits per heavy atom. The smallest absolute Gasteiger partial charge is 0.240 e. The summed E-state index contributed by atoms with van der Waals surface area (Å²) in [7, 11) is -0.691. The minimum atomic E-state index is -3.73. The summed E-state index contributed by atoms with van der Waals surface area (Å²) >= 11 is 0. The highest BCUT2D eigenvalue weighted by Gasteiger charge is 2.18. The van der Waals surface area contributed by atoms with Crippen LogP contribution in [0.5, 0.6) is 23.0 Å². The van der Waals surface area contributed by atoms with Gasteiger partial charge in [-0.1, -0.05) is 0 Å². The van der Waals surface area contributed by atoms with Crippen LogP contribution in [0.15, 0.2) is 41.3 Å².